The number of nitrogens with one attached hydrogen (secondary N) is 2. The number of hydrogen-bond acceptors (Lipinski definition) is 4. The Morgan fingerprint density at radius 3 is 2.56 bits per heavy atom. The maximum Gasteiger partial charge on any atom is 0.191 e. The van der Waals surface area contributed by atoms with Crippen molar-refractivity contribution in [2.24, 2.45) is 4.99 Å². The highest BCUT2D eigenvalue weighted by atomic mass is 32.1. The van der Waals surface area contributed by atoms with Gasteiger partial charge in [0.2, 0.25) is 0 Å². The quantitative estimate of drug-likeness (QED) is 0.554. The van der Waals surface area contributed by atoms with Crippen molar-refractivity contribution in [1.82, 2.24) is 10.6 Å². The highest BCUT2D eigenvalue weighted by Crippen LogP contribution is 2.26. The van der Waals surface area contributed by atoms with E-state index in [9.17, 15) is 0 Å². The van der Waals surface area contributed by atoms with Gasteiger partial charge in [0.15, 0.2) is 17.5 Å². The number of aliphatic imine (C=N–C) groups is 1. The molecule has 136 valence electrons. The van der Waals surface area contributed by atoms with Gasteiger partial charge in [0, 0.05) is 11.4 Å². The van der Waals surface area contributed by atoms with Crippen LogP contribution in [0.15, 0.2) is 46.8 Å². The monoisotopic (exact) mass is 361 g/mol. The van der Waals surface area contributed by atoms with E-state index in [2.05, 4.69) is 47.0 Å². The van der Waals surface area contributed by atoms with Gasteiger partial charge in [-0.1, -0.05) is 18.2 Å². The molecule has 5 nitrogen and oxygen atoms in total. The molecule has 1 heterocycles. The summed E-state index contributed by atoms with van der Waals surface area (Å²) in [4.78, 5) is 5.93. The minimum atomic E-state index is -0.0659. The average Bonchev–Trinajstić information content (AvgIpc) is 3.15. The molecule has 0 bridgehead atoms. The van der Waals surface area contributed by atoms with Gasteiger partial charge in [-0.25, -0.2) is 4.99 Å². The number of para-hydroxylation sites is 2. The second-order valence-corrected chi connectivity index (χ2v) is 6.66. The number of thiophene rings is 1. The van der Waals surface area contributed by atoms with Crippen LogP contribution in [0.25, 0.3) is 0 Å². The van der Waals surface area contributed by atoms with Crippen molar-refractivity contribution in [3.05, 3.63) is 46.7 Å². The van der Waals surface area contributed by atoms with E-state index < -0.39 is 0 Å². The normalized spacial score (nSPS) is 13.8. The Hall–Kier alpha value is -2.21. The Morgan fingerprint density at radius 1 is 1.16 bits per heavy atom. The second kappa shape index (κ2) is 9.93. The molecule has 2 aromatic rings. The first kappa shape index (κ1) is 19.1. The molecule has 0 aliphatic carbocycles. The summed E-state index contributed by atoms with van der Waals surface area (Å²) in [6, 6.07) is 12.0. The summed E-state index contributed by atoms with van der Waals surface area (Å²) in [5, 5.41) is 8.80. The van der Waals surface area contributed by atoms with Crippen LogP contribution in [0.4, 0.5) is 0 Å². The van der Waals surface area contributed by atoms with Crippen molar-refractivity contribution in [3.63, 3.8) is 0 Å². The van der Waals surface area contributed by atoms with E-state index >= 15 is 0 Å². The summed E-state index contributed by atoms with van der Waals surface area (Å²) in [5.74, 6) is 2.26. The van der Waals surface area contributed by atoms with E-state index in [0.29, 0.717) is 6.54 Å². The summed E-state index contributed by atoms with van der Waals surface area (Å²) in [7, 11) is 1.64. The predicted octanol–water partition coefficient (Wildman–Crippen LogP) is 3.84. The Kier molecular flexibility index (Phi) is 7.60. The van der Waals surface area contributed by atoms with E-state index in [1.165, 1.54) is 4.88 Å². The van der Waals surface area contributed by atoms with Gasteiger partial charge >= 0.3 is 0 Å². The summed E-state index contributed by atoms with van der Waals surface area (Å²) < 4.78 is 11.3. The van der Waals surface area contributed by atoms with E-state index in [1.807, 2.05) is 31.2 Å². The van der Waals surface area contributed by atoms with Gasteiger partial charge in [-0.3, -0.25) is 0 Å². The highest BCUT2D eigenvalue weighted by Gasteiger charge is 2.11. The first-order chi connectivity index (χ1) is 12.1. The van der Waals surface area contributed by atoms with E-state index in [4.69, 9.17) is 9.47 Å². The third kappa shape index (κ3) is 5.98. The molecule has 1 aromatic heterocycles. The first-order valence-electron chi connectivity index (χ1n) is 8.52. The van der Waals surface area contributed by atoms with Gasteiger partial charge < -0.3 is 20.1 Å². The van der Waals surface area contributed by atoms with Crippen LogP contribution < -0.4 is 20.1 Å². The minimum absolute atomic E-state index is 0.0659. The van der Waals surface area contributed by atoms with Crippen LogP contribution in [0, 0.1) is 0 Å². The molecule has 2 N–H and O–H groups in total. The van der Waals surface area contributed by atoms with Crippen LogP contribution in [0.5, 0.6) is 11.5 Å². The number of hydrogen-bond donors (Lipinski definition) is 2. The molecule has 2 rings (SSSR count). The molecular formula is C19H27N3O2S. The lowest BCUT2D eigenvalue weighted by molar-refractivity contribution is 0.219. The van der Waals surface area contributed by atoms with Gasteiger partial charge in [-0.2, -0.15) is 0 Å². The van der Waals surface area contributed by atoms with Crippen molar-refractivity contribution in [2.75, 3.05) is 20.2 Å². The van der Waals surface area contributed by atoms with Gasteiger partial charge in [-0.15, -0.1) is 11.3 Å². The second-order valence-electron chi connectivity index (χ2n) is 5.68. The molecule has 0 aliphatic rings. The van der Waals surface area contributed by atoms with Crippen molar-refractivity contribution < 1.29 is 9.47 Å². The topological polar surface area (TPSA) is 54.9 Å². The van der Waals surface area contributed by atoms with Crippen LogP contribution >= 0.6 is 11.3 Å². The van der Waals surface area contributed by atoms with Crippen molar-refractivity contribution in [2.45, 2.75) is 32.9 Å². The molecule has 1 aromatic carbocycles. The summed E-state index contributed by atoms with van der Waals surface area (Å²) >= 11 is 1.74. The molecule has 25 heavy (non-hydrogen) atoms. The third-order valence-corrected chi connectivity index (χ3v) is 4.63. The lowest BCUT2D eigenvalue weighted by atomic mass is 10.3. The highest BCUT2D eigenvalue weighted by molar-refractivity contribution is 7.10. The Balaban J connectivity index is 1.95. The Labute approximate surface area is 154 Å². The molecule has 0 saturated heterocycles. The molecule has 6 heteroatoms. The van der Waals surface area contributed by atoms with Gasteiger partial charge in [0.05, 0.1) is 19.7 Å². The summed E-state index contributed by atoms with van der Waals surface area (Å²) in [6.45, 7) is 7.55. The molecule has 0 fully saturated rings. The number of guanidine groups is 1. The maximum absolute atomic E-state index is 5.96. The van der Waals surface area contributed by atoms with Gasteiger partial charge in [0.25, 0.3) is 0 Å². The fourth-order valence-corrected chi connectivity index (χ4v) is 3.06. The molecule has 0 radical (unpaired) electrons. The Bertz CT molecular complexity index is 658. The number of methoxy groups -OCH3 is 1. The average molecular weight is 362 g/mol. The summed E-state index contributed by atoms with van der Waals surface area (Å²) in [5.41, 5.74) is 0. The molecule has 2 unspecified atom stereocenters. The lowest BCUT2D eigenvalue weighted by Crippen LogP contribution is -2.39. The molecule has 0 saturated carbocycles. The molecule has 2 atom stereocenters. The van der Waals surface area contributed by atoms with Crippen molar-refractivity contribution in [3.8, 4) is 11.5 Å². The van der Waals surface area contributed by atoms with Crippen LogP contribution in [-0.4, -0.2) is 32.3 Å². The molecule has 0 spiro atoms. The SMILES string of the molecule is CCNC(=NCC(C)Oc1ccccc1OC)NC(C)c1cccs1. The van der Waals surface area contributed by atoms with Crippen LogP contribution in [0.1, 0.15) is 31.7 Å². The third-order valence-electron chi connectivity index (χ3n) is 3.57. The predicted molar refractivity (Wildman–Crippen MR) is 105 cm³/mol. The fourth-order valence-electron chi connectivity index (χ4n) is 2.32. The molecular weight excluding hydrogens is 334 g/mol. The molecule has 0 aliphatic heterocycles. The van der Waals surface area contributed by atoms with E-state index in [0.717, 1.165) is 24.0 Å². The smallest absolute Gasteiger partial charge is 0.191 e. The Morgan fingerprint density at radius 2 is 1.92 bits per heavy atom. The zero-order chi connectivity index (χ0) is 18.1. The van der Waals surface area contributed by atoms with Crippen LogP contribution in [-0.2, 0) is 0 Å². The zero-order valence-electron chi connectivity index (χ0n) is 15.3. The van der Waals surface area contributed by atoms with E-state index in [1.54, 1.807) is 18.4 Å². The number of benzene rings is 1. The van der Waals surface area contributed by atoms with Crippen LogP contribution in [0.2, 0.25) is 0 Å². The van der Waals surface area contributed by atoms with Crippen molar-refractivity contribution >= 4 is 17.3 Å². The van der Waals surface area contributed by atoms with Crippen molar-refractivity contribution in [1.29, 1.82) is 0 Å². The fraction of sp³-hybridized carbons (Fsp3) is 0.421. The minimum Gasteiger partial charge on any atom is -0.493 e. The molecule has 0 amide bonds. The maximum atomic E-state index is 5.96. The lowest BCUT2D eigenvalue weighted by Gasteiger charge is -2.19. The largest absolute Gasteiger partial charge is 0.493 e. The summed E-state index contributed by atoms with van der Waals surface area (Å²) in [6.07, 6.45) is -0.0659. The first-order valence-corrected chi connectivity index (χ1v) is 9.40. The zero-order valence-corrected chi connectivity index (χ0v) is 16.1. The number of ether oxygens (including phenoxy) is 2. The van der Waals surface area contributed by atoms with Crippen LogP contribution in [0.3, 0.4) is 0 Å². The number of rotatable bonds is 8. The van der Waals surface area contributed by atoms with Gasteiger partial charge in [0.1, 0.15) is 6.10 Å². The van der Waals surface area contributed by atoms with E-state index in [-0.39, 0.29) is 12.1 Å². The number of nitrogens with zero attached hydrogens (tertiary/aromatic N) is 1. The van der Waals surface area contributed by atoms with Gasteiger partial charge in [-0.05, 0) is 44.4 Å². The standard InChI is InChI=1S/C19H27N3O2S/c1-5-20-19(22-15(3)18-11-8-12-25-18)21-13-14(2)24-17-10-7-6-9-16(17)23-4/h6-12,14-15H,5,13H2,1-4H3,(H2,20,21,22).